The second-order valence-electron chi connectivity index (χ2n) is 4.65. The number of carbonyl (C=O) groups excluding carboxylic acids is 2. The van der Waals surface area contributed by atoms with E-state index in [1.807, 2.05) is 30.3 Å². The van der Waals surface area contributed by atoms with Gasteiger partial charge in [-0.15, -0.1) is 0 Å². The van der Waals surface area contributed by atoms with E-state index in [1.165, 1.54) is 0 Å². The van der Waals surface area contributed by atoms with Crippen molar-refractivity contribution in [2.24, 2.45) is 5.92 Å². The molecule has 0 spiro atoms. The van der Waals surface area contributed by atoms with Gasteiger partial charge in [0.15, 0.2) is 0 Å². The van der Waals surface area contributed by atoms with Crippen LogP contribution in [0.3, 0.4) is 0 Å². The molecule has 1 aromatic carbocycles. The SMILES string of the molecule is O=C(NCCc1ccccc1)C1C(=O)NCCC1O. The molecule has 0 aliphatic carbocycles. The minimum Gasteiger partial charge on any atom is -0.392 e. The highest BCUT2D eigenvalue weighted by Gasteiger charge is 2.36. The van der Waals surface area contributed by atoms with E-state index >= 15 is 0 Å². The number of aliphatic hydroxyl groups excluding tert-OH is 1. The number of carbonyl (C=O) groups is 2. The van der Waals surface area contributed by atoms with Crippen LogP contribution in [0.2, 0.25) is 0 Å². The normalized spacial score (nSPS) is 22.7. The summed E-state index contributed by atoms with van der Waals surface area (Å²) >= 11 is 0. The zero-order chi connectivity index (χ0) is 13.7. The summed E-state index contributed by atoms with van der Waals surface area (Å²) in [4.78, 5) is 23.4. The molecular formula is C14H18N2O3. The lowest BCUT2D eigenvalue weighted by atomic mass is 9.94. The van der Waals surface area contributed by atoms with Crippen molar-refractivity contribution in [3.63, 3.8) is 0 Å². The highest BCUT2D eigenvalue weighted by molar-refractivity contribution is 6.01. The first-order valence-electron chi connectivity index (χ1n) is 6.46. The van der Waals surface area contributed by atoms with Crippen molar-refractivity contribution in [2.75, 3.05) is 13.1 Å². The van der Waals surface area contributed by atoms with Crippen molar-refractivity contribution in [2.45, 2.75) is 18.9 Å². The van der Waals surface area contributed by atoms with E-state index in [2.05, 4.69) is 10.6 Å². The van der Waals surface area contributed by atoms with E-state index in [-0.39, 0.29) is 0 Å². The minimum atomic E-state index is -0.982. The summed E-state index contributed by atoms with van der Waals surface area (Å²) in [6.07, 6.45) is 0.241. The van der Waals surface area contributed by atoms with Crippen LogP contribution in [-0.2, 0) is 16.0 Å². The molecule has 0 saturated carbocycles. The van der Waals surface area contributed by atoms with Gasteiger partial charge < -0.3 is 15.7 Å². The van der Waals surface area contributed by atoms with Gasteiger partial charge in [0.1, 0.15) is 5.92 Å². The van der Waals surface area contributed by atoms with Crippen molar-refractivity contribution in [3.8, 4) is 0 Å². The summed E-state index contributed by atoms with van der Waals surface area (Å²) < 4.78 is 0. The van der Waals surface area contributed by atoms with E-state index in [9.17, 15) is 14.7 Å². The molecule has 3 N–H and O–H groups in total. The first-order valence-corrected chi connectivity index (χ1v) is 6.46. The lowest BCUT2D eigenvalue weighted by Crippen LogP contribution is -2.52. The molecule has 102 valence electrons. The van der Waals surface area contributed by atoms with Crippen LogP contribution in [0.4, 0.5) is 0 Å². The highest BCUT2D eigenvalue weighted by atomic mass is 16.3. The van der Waals surface area contributed by atoms with Crippen molar-refractivity contribution < 1.29 is 14.7 Å². The van der Waals surface area contributed by atoms with Gasteiger partial charge in [0.05, 0.1) is 6.10 Å². The molecule has 2 atom stereocenters. The third-order valence-electron chi connectivity index (χ3n) is 3.24. The molecule has 1 fully saturated rings. The molecule has 2 unspecified atom stereocenters. The molecule has 1 aliphatic rings. The first-order chi connectivity index (χ1) is 9.18. The van der Waals surface area contributed by atoms with Gasteiger partial charge >= 0.3 is 0 Å². The fraction of sp³-hybridized carbons (Fsp3) is 0.429. The van der Waals surface area contributed by atoms with E-state index in [0.29, 0.717) is 25.9 Å². The van der Waals surface area contributed by atoms with Gasteiger partial charge in [-0.3, -0.25) is 9.59 Å². The second kappa shape index (κ2) is 6.33. The lowest BCUT2D eigenvalue weighted by molar-refractivity contribution is -0.142. The molecular weight excluding hydrogens is 244 g/mol. The topological polar surface area (TPSA) is 78.4 Å². The van der Waals surface area contributed by atoms with Crippen LogP contribution in [-0.4, -0.2) is 36.1 Å². The molecule has 1 aromatic rings. The minimum absolute atomic E-state index is 0.393. The zero-order valence-corrected chi connectivity index (χ0v) is 10.6. The Morgan fingerprint density at radius 2 is 2.11 bits per heavy atom. The largest absolute Gasteiger partial charge is 0.392 e. The summed E-state index contributed by atoms with van der Waals surface area (Å²) in [7, 11) is 0. The number of hydrogen-bond acceptors (Lipinski definition) is 3. The van der Waals surface area contributed by atoms with Crippen LogP contribution in [0.15, 0.2) is 30.3 Å². The molecule has 19 heavy (non-hydrogen) atoms. The quantitative estimate of drug-likeness (QED) is 0.660. The Kier molecular flexibility index (Phi) is 4.52. The Hall–Kier alpha value is -1.88. The van der Waals surface area contributed by atoms with Gasteiger partial charge in [-0.2, -0.15) is 0 Å². The van der Waals surface area contributed by atoms with E-state index < -0.39 is 23.8 Å². The molecule has 5 nitrogen and oxygen atoms in total. The van der Waals surface area contributed by atoms with Crippen molar-refractivity contribution in [3.05, 3.63) is 35.9 Å². The van der Waals surface area contributed by atoms with Crippen LogP contribution >= 0.6 is 0 Å². The Morgan fingerprint density at radius 3 is 2.79 bits per heavy atom. The van der Waals surface area contributed by atoms with Gasteiger partial charge in [-0.05, 0) is 18.4 Å². The van der Waals surface area contributed by atoms with Crippen LogP contribution < -0.4 is 10.6 Å². The van der Waals surface area contributed by atoms with Crippen LogP contribution in [0.5, 0.6) is 0 Å². The average molecular weight is 262 g/mol. The molecule has 2 amide bonds. The summed E-state index contributed by atoms with van der Waals surface area (Å²) in [6, 6.07) is 9.78. The first kappa shape index (κ1) is 13.5. The molecule has 1 saturated heterocycles. The predicted octanol–water partition coefficient (Wildman–Crippen LogP) is -0.158. The third-order valence-corrected chi connectivity index (χ3v) is 3.24. The zero-order valence-electron chi connectivity index (χ0n) is 10.6. The van der Waals surface area contributed by atoms with Crippen molar-refractivity contribution in [1.29, 1.82) is 0 Å². The molecule has 0 radical (unpaired) electrons. The number of nitrogens with one attached hydrogen (secondary N) is 2. The maximum absolute atomic E-state index is 11.9. The van der Waals surface area contributed by atoms with Crippen LogP contribution in [0, 0.1) is 5.92 Å². The lowest BCUT2D eigenvalue weighted by Gasteiger charge is -2.26. The number of benzene rings is 1. The van der Waals surface area contributed by atoms with Gasteiger partial charge in [-0.1, -0.05) is 30.3 Å². The summed E-state index contributed by atoms with van der Waals surface area (Å²) in [5, 5.41) is 15.0. The fourth-order valence-electron chi connectivity index (χ4n) is 2.17. The van der Waals surface area contributed by atoms with Gasteiger partial charge in [-0.25, -0.2) is 0 Å². The highest BCUT2D eigenvalue weighted by Crippen LogP contribution is 2.12. The monoisotopic (exact) mass is 262 g/mol. The van der Waals surface area contributed by atoms with Crippen molar-refractivity contribution in [1.82, 2.24) is 10.6 Å². The molecule has 0 bridgehead atoms. The number of aliphatic hydroxyl groups is 1. The second-order valence-corrected chi connectivity index (χ2v) is 4.65. The maximum Gasteiger partial charge on any atom is 0.235 e. The summed E-state index contributed by atoms with van der Waals surface area (Å²) in [5.41, 5.74) is 1.12. The van der Waals surface area contributed by atoms with Crippen LogP contribution in [0.25, 0.3) is 0 Å². The molecule has 1 aliphatic heterocycles. The van der Waals surface area contributed by atoms with E-state index in [1.54, 1.807) is 0 Å². The Morgan fingerprint density at radius 1 is 1.37 bits per heavy atom. The third kappa shape index (κ3) is 3.54. The smallest absolute Gasteiger partial charge is 0.235 e. The Labute approximate surface area is 112 Å². The average Bonchev–Trinajstić information content (AvgIpc) is 2.40. The fourth-order valence-corrected chi connectivity index (χ4v) is 2.17. The molecule has 5 heteroatoms. The van der Waals surface area contributed by atoms with E-state index in [0.717, 1.165) is 5.56 Å². The standard InChI is InChI=1S/C14H18N2O3/c17-11-7-9-16-14(19)12(11)13(18)15-8-6-10-4-2-1-3-5-10/h1-5,11-12,17H,6-9H2,(H,15,18)(H,16,19). The summed E-state index contributed by atoms with van der Waals surface area (Å²) in [6.45, 7) is 0.882. The molecule has 2 rings (SSSR count). The number of hydrogen-bond donors (Lipinski definition) is 3. The predicted molar refractivity (Wildman–Crippen MR) is 70.3 cm³/mol. The number of piperidine rings is 1. The van der Waals surface area contributed by atoms with Crippen molar-refractivity contribution >= 4 is 11.8 Å². The maximum atomic E-state index is 11.9. The number of amides is 2. The van der Waals surface area contributed by atoms with Gasteiger partial charge in [0.25, 0.3) is 0 Å². The Bertz CT molecular complexity index is 447. The van der Waals surface area contributed by atoms with Crippen LogP contribution in [0.1, 0.15) is 12.0 Å². The van der Waals surface area contributed by atoms with Gasteiger partial charge in [0, 0.05) is 13.1 Å². The summed E-state index contributed by atoms with van der Waals surface area (Å²) in [5.74, 6) is -1.78. The number of rotatable bonds is 4. The van der Waals surface area contributed by atoms with E-state index in [4.69, 9.17) is 0 Å². The van der Waals surface area contributed by atoms with Gasteiger partial charge in [0.2, 0.25) is 11.8 Å². The molecule has 1 heterocycles. The molecule has 0 aromatic heterocycles. The Balaban J connectivity index is 1.82.